The normalized spacial score (nSPS) is 17.7. The Balaban J connectivity index is 1.76. The topological polar surface area (TPSA) is 55.8 Å². The van der Waals surface area contributed by atoms with Crippen LogP contribution in [0.25, 0.3) is 10.8 Å². The van der Waals surface area contributed by atoms with Crippen molar-refractivity contribution in [2.45, 2.75) is 10.3 Å². The van der Waals surface area contributed by atoms with Crippen LogP contribution < -0.4 is 9.47 Å². The third-order valence-electron chi connectivity index (χ3n) is 4.88. The lowest BCUT2D eigenvalue weighted by atomic mass is 10.1. The van der Waals surface area contributed by atoms with Gasteiger partial charge < -0.3 is 9.47 Å². The van der Waals surface area contributed by atoms with Gasteiger partial charge >= 0.3 is 0 Å². The van der Waals surface area contributed by atoms with Crippen molar-refractivity contribution in [2.75, 3.05) is 26.5 Å². The predicted molar refractivity (Wildman–Crippen MR) is 113 cm³/mol. The maximum absolute atomic E-state index is 13.5. The number of ether oxygens (including phenoxy) is 2. The zero-order chi connectivity index (χ0) is 19.7. The summed E-state index contributed by atoms with van der Waals surface area (Å²) in [6, 6.07) is 18.5. The first kappa shape index (κ1) is 19.1. The smallest absolute Gasteiger partial charge is 0.244 e. The molecule has 1 atom stereocenters. The molecule has 0 aromatic heterocycles. The van der Waals surface area contributed by atoms with Gasteiger partial charge in [-0.2, -0.15) is 4.31 Å². The van der Waals surface area contributed by atoms with Crippen molar-refractivity contribution < 1.29 is 17.9 Å². The maximum atomic E-state index is 13.5. The van der Waals surface area contributed by atoms with Gasteiger partial charge in [0.1, 0.15) is 11.5 Å². The molecule has 0 spiro atoms. The van der Waals surface area contributed by atoms with Crippen molar-refractivity contribution in [1.82, 2.24) is 4.31 Å². The average molecular weight is 416 g/mol. The van der Waals surface area contributed by atoms with E-state index >= 15 is 0 Å². The molecule has 0 radical (unpaired) electrons. The highest BCUT2D eigenvalue weighted by molar-refractivity contribution is 8.01. The predicted octanol–water partition coefficient (Wildman–Crippen LogP) is 4.29. The van der Waals surface area contributed by atoms with Gasteiger partial charge in [0.15, 0.2) is 0 Å². The van der Waals surface area contributed by atoms with Gasteiger partial charge in [-0.05, 0) is 41.1 Å². The molecule has 5 nitrogen and oxygen atoms in total. The van der Waals surface area contributed by atoms with Crippen LogP contribution in [-0.2, 0) is 10.0 Å². The third kappa shape index (κ3) is 3.34. The highest BCUT2D eigenvalue weighted by Gasteiger charge is 2.38. The molecule has 1 aliphatic heterocycles. The molecule has 7 heteroatoms. The summed E-state index contributed by atoms with van der Waals surface area (Å²) >= 11 is 1.59. The minimum Gasteiger partial charge on any atom is -0.497 e. The first-order valence-electron chi connectivity index (χ1n) is 8.89. The van der Waals surface area contributed by atoms with E-state index in [4.69, 9.17) is 9.47 Å². The van der Waals surface area contributed by atoms with Gasteiger partial charge in [-0.25, -0.2) is 8.42 Å². The molecule has 3 aromatic carbocycles. The minimum atomic E-state index is -3.66. The van der Waals surface area contributed by atoms with Crippen LogP contribution in [0.15, 0.2) is 65.6 Å². The second kappa shape index (κ2) is 7.66. The second-order valence-corrected chi connectivity index (χ2v) is 9.53. The van der Waals surface area contributed by atoms with E-state index in [0.717, 1.165) is 22.1 Å². The van der Waals surface area contributed by atoms with E-state index in [1.165, 1.54) is 0 Å². The van der Waals surface area contributed by atoms with Crippen LogP contribution >= 0.6 is 11.8 Å². The van der Waals surface area contributed by atoms with Gasteiger partial charge in [0.05, 0.1) is 24.5 Å². The average Bonchev–Trinajstić information content (AvgIpc) is 3.23. The molecule has 0 aliphatic carbocycles. The van der Waals surface area contributed by atoms with E-state index in [9.17, 15) is 8.42 Å². The highest BCUT2D eigenvalue weighted by Crippen LogP contribution is 2.45. The molecule has 0 saturated carbocycles. The number of fused-ring (bicyclic) bond motifs is 1. The number of hydrogen-bond donors (Lipinski definition) is 0. The van der Waals surface area contributed by atoms with Gasteiger partial charge in [0, 0.05) is 17.9 Å². The molecule has 28 heavy (non-hydrogen) atoms. The fraction of sp³-hybridized carbons (Fsp3) is 0.238. The van der Waals surface area contributed by atoms with Crippen LogP contribution in [0.5, 0.6) is 11.5 Å². The molecule has 1 aliphatic rings. The van der Waals surface area contributed by atoms with Crippen LogP contribution in [0.3, 0.4) is 0 Å². The van der Waals surface area contributed by atoms with Crippen molar-refractivity contribution in [3.63, 3.8) is 0 Å². The molecular formula is C21H21NO4S2. The third-order valence-corrected chi connectivity index (χ3v) is 8.12. The molecule has 0 bridgehead atoms. The zero-order valence-corrected chi connectivity index (χ0v) is 17.3. The molecule has 4 rings (SSSR count). The Morgan fingerprint density at radius 3 is 2.50 bits per heavy atom. The van der Waals surface area contributed by atoms with E-state index in [-0.39, 0.29) is 5.37 Å². The lowest BCUT2D eigenvalue weighted by Gasteiger charge is -2.25. The molecule has 0 amide bonds. The van der Waals surface area contributed by atoms with Crippen molar-refractivity contribution in [3.05, 3.63) is 66.2 Å². The van der Waals surface area contributed by atoms with Gasteiger partial charge in [-0.3, -0.25) is 0 Å². The Labute approximate surface area is 169 Å². The lowest BCUT2D eigenvalue weighted by molar-refractivity contribution is 0.382. The Morgan fingerprint density at radius 1 is 0.964 bits per heavy atom. The van der Waals surface area contributed by atoms with Gasteiger partial charge in [0.2, 0.25) is 10.0 Å². The van der Waals surface area contributed by atoms with Crippen LogP contribution in [0.4, 0.5) is 0 Å². The van der Waals surface area contributed by atoms with E-state index < -0.39 is 10.0 Å². The minimum absolute atomic E-state index is 0.306. The molecule has 146 valence electrons. The van der Waals surface area contributed by atoms with E-state index in [1.807, 2.05) is 48.5 Å². The molecule has 1 heterocycles. The maximum Gasteiger partial charge on any atom is 0.244 e. The summed E-state index contributed by atoms with van der Waals surface area (Å²) in [6.45, 7) is 0.449. The Morgan fingerprint density at radius 2 is 1.75 bits per heavy atom. The summed E-state index contributed by atoms with van der Waals surface area (Å²) in [5.74, 6) is 2.04. The van der Waals surface area contributed by atoms with E-state index in [0.29, 0.717) is 22.9 Å². The molecule has 0 unspecified atom stereocenters. The number of benzene rings is 3. The number of methoxy groups -OCH3 is 2. The number of rotatable bonds is 5. The first-order valence-corrected chi connectivity index (χ1v) is 11.4. The summed E-state index contributed by atoms with van der Waals surface area (Å²) in [6.07, 6.45) is 0. The van der Waals surface area contributed by atoms with Crippen molar-refractivity contribution in [3.8, 4) is 11.5 Å². The Bertz CT molecular complexity index is 1110. The monoisotopic (exact) mass is 415 g/mol. The van der Waals surface area contributed by atoms with Crippen molar-refractivity contribution in [2.24, 2.45) is 0 Å². The summed E-state index contributed by atoms with van der Waals surface area (Å²) in [5.41, 5.74) is 0.800. The fourth-order valence-electron chi connectivity index (χ4n) is 3.44. The highest BCUT2D eigenvalue weighted by atomic mass is 32.2. The fourth-order valence-corrected chi connectivity index (χ4v) is 6.72. The SMILES string of the molecule is COc1ccc(OC)c([C@@H]2SCCN2S(=O)(=O)c2ccc3ccccc3c2)c1. The Kier molecular flexibility index (Phi) is 5.23. The molecule has 0 N–H and O–H groups in total. The lowest BCUT2D eigenvalue weighted by Crippen LogP contribution is -2.30. The summed E-state index contributed by atoms with van der Waals surface area (Å²) in [4.78, 5) is 0.306. The molecule has 1 saturated heterocycles. The van der Waals surface area contributed by atoms with E-state index in [1.54, 1.807) is 42.4 Å². The molecule has 3 aromatic rings. The van der Waals surface area contributed by atoms with Crippen LogP contribution in [0.2, 0.25) is 0 Å². The first-order chi connectivity index (χ1) is 13.5. The summed E-state index contributed by atoms with van der Waals surface area (Å²) < 4.78 is 39.3. The van der Waals surface area contributed by atoms with E-state index in [2.05, 4.69) is 0 Å². The van der Waals surface area contributed by atoms with Crippen LogP contribution in [0.1, 0.15) is 10.9 Å². The van der Waals surface area contributed by atoms with Gasteiger partial charge in [-0.1, -0.05) is 30.3 Å². The van der Waals surface area contributed by atoms with Crippen molar-refractivity contribution in [1.29, 1.82) is 0 Å². The van der Waals surface area contributed by atoms with Crippen LogP contribution in [-0.4, -0.2) is 39.2 Å². The second-order valence-electron chi connectivity index (χ2n) is 6.46. The van der Waals surface area contributed by atoms with Gasteiger partial charge in [0.25, 0.3) is 0 Å². The summed E-state index contributed by atoms with van der Waals surface area (Å²) in [5, 5.41) is 1.57. The number of hydrogen-bond acceptors (Lipinski definition) is 5. The molecular weight excluding hydrogens is 394 g/mol. The quantitative estimate of drug-likeness (QED) is 0.622. The standard InChI is InChI=1S/C21H21NO4S2/c1-25-17-8-10-20(26-2)19(14-17)21-22(11-12-27-21)28(23,24)18-9-7-15-5-3-4-6-16(15)13-18/h3-10,13-14,21H,11-12H2,1-2H3/t21-/m0/s1. The summed E-state index contributed by atoms with van der Waals surface area (Å²) in [7, 11) is -0.471. The number of thioether (sulfide) groups is 1. The number of sulfonamides is 1. The van der Waals surface area contributed by atoms with Crippen LogP contribution in [0, 0.1) is 0 Å². The number of nitrogens with zero attached hydrogens (tertiary/aromatic N) is 1. The Hall–Kier alpha value is -2.22. The van der Waals surface area contributed by atoms with Crippen molar-refractivity contribution >= 4 is 32.6 Å². The zero-order valence-electron chi connectivity index (χ0n) is 15.7. The largest absolute Gasteiger partial charge is 0.497 e. The molecule has 1 fully saturated rings. The van der Waals surface area contributed by atoms with Gasteiger partial charge in [-0.15, -0.1) is 11.8 Å².